The van der Waals surface area contributed by atoms with Gasteiger partial charge in [-0.1, -0.05) is 58.4 Å². The van der Waals surface area contributed by atoms with Crippen molar-refractivity contribution < 1.29 is 13.9 Å². The van der Waals surface area contributed by atoms with Crippen molar-refractivity contribution in [2.45, 2.75) is 61.5 Å². The molecule has 2 bridgehead atoms. The first-order valence-corrected chi connectivity index (χ1v) is 9.71. The Morgan fingerprint density at radius 1 is 1.45 bits per heavy atom. The second-order valence-corrected chi connectivity index (χ2v) is 9.26. The van der Waals surface area contributed by atoms with Gasteiger partial charge < -0.3 is 9.47 Å². The zero-order valence-electron chi connectivity index (χ0n) is 13.0. The molecule has 2 aliphatic rings. The molecular weight excluding hydrogens is 462 g/mol. The molecule has 2 aliphatic heterocycles. The third kappa shape index (κ3) is 2.66. The third-order valence-electron chi connectivity index (χ3n) is 5.19. The highest BCUT2D eigenvalue weighted by molar-refractivity contribution is 14.1. The van der Waals surface area contributed by atoms with Gasteiger partial charge in [0.05, 0.1) is 23.9 Å². The van der Waals surface area contributed by atoms with Gasteiger partial charge in [-0.25, -0.2) is 4.39 Å². The van der Waals surface area contributed by atoms with Crippen LogP contribution < -0.4 is 0 Å². The quantitative estimate of drug-likeness (QED) is 0.430. The predicted octanol–water partition coefficient (Wildman–Crippen LogP) is 5.25. The highest BCUT2D eigenvalue weighted by Gasteiger charge is 2.65. The van der Waals surface area contributed by atoms with Crippen LogP contribution in [0.15, 0.2) is 22.7 Å². The van der Waals surface area contributed by atoms with Crippen LogP contribution in [0.5, 0.6) is 0 Å². The maximum atomic E-state index is 13.9. The first-order chi connectivity index (χ1) is 10.3. The summed E-state index contributed by atoms with van der Waals surface area (Å²) < 4.78 is 27.8. The predicted molar refractivity (Wildman–Crippen MR) is 96.8 cm³/mol. The lowest BCUT2D eigenvalue weighted by molar-refractivity contribution is -0.0957. The van der Waals surface area contributed by atoms with Crippen LogP contribution in [-0.4, -0.2) is 21.2 Å². The summed E-state index contributed by atoms with van der Waals surface area (Å²) in [6, 6.07) is 5.01. The molecule has 22 heavy (non-hydrogen) atoms. The monoisotopic (exact) mass is 482 g/mol. The molecule has 2 saturated heterocycles. The highest BCUT2D eigenvalue weighted by Crippen LogP contribution is 2.57. The molecule has 0 N–H and O–H groups in total. The van der Waals surface area contributed by atoms with Crippen LogP contribution >= 0.6 is 38.5 Å². The van der Waals surface area contributed by atoms with Gasteiger partial charge in [0.1, 0.15) is 5.82 Å². The van der Waals surface area contributed by atoms with Crippen molar-refractivity contribution in [1.29, 1.82) is 0 Å². The third-order valence-corrected chi connectivity index (χ3v) is 7.43. The molecule has 1 aromatic carbocycles. The standard InChI is InChI=1S/C17H21BrFIO2/c1-10(2)17-8-15(16(3,22-17)7-14(17)20)21-9-11-12(18)5-4-6-13(11)19/h4-6,10,14-15H,7-9H2,1-3H3. The summed E-state index contributed by atoms with van der Waals surface area (Å²) in [5.74, 6) is 0.221. The van der Waals surface area contributed by atoms with E-state index in [2.05, 4.69) is 59.3 Å². The number of hydrogen-bond acceptors (Lipinski definition) is 2. The van der Waals surface area contributed by atoms with E-state index >= 15 is 0 Å². The normalized spacial score (nSPS) is 37.2. The van der Waals surface area contributed by atoms with E-state index in [1.165, 1.54) is 6.07 Å². The zero-order chi connectivity index (χ0) is 16.1. The summed E-state index contributed by atoms with van der Waals surface area (Å²) >= 11 is 5.92. The molecule has 122 valence electrons. The molecular formula is C17H21BrFIO2. The molecule has 0 saturated carbocycles. The van der Waals surface area contributed by atoms with Crippen LogP contribution in [0, 0.1) is 11.7 Å². The van der Waals surface area contributed by atoms with Gasteiger partial charge in [-0.3, -0.25) is 0 Å². The second kappa shape index (κ2) is 5.97. The van der Waals surface area contributed by atoms with Crippen molar-refractivity contribution in [3.63, 3.8) is 0 Å². The molecule has 4 atom stereocenters. The van der Waals surface area contributed by atoms with Crippen LogP contribution in [-0.2, 0) is 16.1 Å². The summed E-state index contributed by atoms with van der Waals surface area (Å²) in [6.07, 6.45) is 1.91. The summed E-state index contributed by atoms with van der Waals surface area (Å²) in [5.41, 5.74) is 0.221. The number of halogens is 3. The minimum atomic E-state index is -0.256. The smallest absolute Gasteiger partial charge is 0.129 e. The Labute approximate surface area is 153 Å². The van der Waals surface area contributed by atoms with Gasteiger partial charge in [0.15, 0.2) is 0 Å². The number of hydrogen-bond donors (Lipinski definition) is 0. The Morgan fingerprint density at radius 2 is 2.18 bits per heavy atom. The van der Waals surface area contributed by atoms with Gasteiger partial charge in [0.25, 0.3) is 0 Å². The van der Waals surface area contributed by atoms with E-state index in [1.807, 2.05) is 6.07 Å². The minimum absolute atomic E-state index is 0.0208. The molecule has 0 aliphatic carbocycles. The molecule has 0 radical (unpaired) electrons. The maximum absolute atomic E-state index is 13.9. The molecule has 2 nitrogen and oxygen atoms in total. The molecule has 4 unspecified atom stereocenters. The fourth-order valence-corrected chi connectivity index (χ4v) is 6.18. The minimum Gasteiger partial charge on any atom is -0.370 e. The number of rotatable bonds is 4. The van der Waals surface area contributed by atoms with E-state index in [-0.39, 0.29) is 29.7 Å². The number of fused-ring (bicyclic) bond motifs is 2. The van der Waals surface area contributed by atoms with Crippen LogP contribution in [0.4, 0.5) is 4.39 Å². The molecule has 0 spiro atoms. The Hall–Kier alpha value is 0.280. The molecule has 3 rings (SSSR count). The van der Waals surface area contributed by atoms with Gasteiger partial charge in [-0.05, 0) is 31.4 Å². The van der Waals surface area contributed by atoms with Crippen molar-refractivity contribution in [2.75, 3.05) is 0 Å². The largest absolute Gasteiger partial charge is 0.370 e. The van der Waals surface area contributed by atoms with E-state index in [0.717, 1.165) is 17.3 Å². The lowest BCUT2D eigenvalue weighted by Gasteiger charge is -2.35. The van der Waals surface area contributed by atoms with Gasteiger partial charge in [0, 0.05) is 20.4 Å². The number of benzene rings is 1. The van der Waals surface area contributed by atoms with Crippen LogP contribution in [0.3, 0.4) is 0 Å². The second-order valence-electron chi connectivity index (χ2n) is 6.90. The van der Waals surface area contributed by atoms with Crippen LogP contribution in [0.2, 0.25) is 0 Å². The molecule has 0 aromatic heterocycles. The SMILES string of the molecule is CC(C)C12CC(OCc3c(F)cccc3Br)C(C)(CC1I)O2. The first-order valence-electron chi connectivity index (χ1n) is 7.67. The Bertz CT molecular complexity index is 562. The molecule has 1 aromatic rings. The van der Waals surface area contributed by atoms with E-state index in [0.29, 0.717) is 15.4 Å². The topological polar surface area (TPSA) is 18.5 Å². The summed E-state index contributed by atoms with van der Waals surface area (Å²) in [4.78, 5) is 0. The zero-order valence-corrected chi connectivity index (χ0v) is 16.8. The van der Waals surface area contributed by atoms with Crippen molar-refractivity contribution in [3.05, 3.63) is 34.1 Å². The summed E-state index contributed by atoms with van der Waals surface area (Å²) in [5, 5.41) is 0. The molecule has 2 fully saturated rings. The maximum Gasteiger partial charge on any atom is 0.129 e. The lowest BCUT2D eigenvalue weighted by atomic mass is 9.75. The van der Waals surface area contributed by atoms with E-state index in [4.69, 9.17) is 9.47 Å². The molecule has 0 amide bonds. The first kappa shape index (κ1) is 17.1. The van der Waals surface area contributed by atoms with Crippen molar-refractivity contribution in [3.8, 4) is 0 Å². The Morgan fingerprint density at radius 3 is 2.77 bits per heavy atom. The van der Waals surface area contributed by atoms with Gasteiger partial charge >= 0.3 is 0 Å². The van der Waals surface area contributed by atoms with Crippen LogP contribution in [0.1, 0.15) is 39.2 Å². The highest BCUT2D eigenvalue weighted by atomic mass is 127. The summed E-state index contributed by atoms with van der Waals surface area (Å²) in [7, 11) is 0. The average Bonchev–Trinajstić information content (AvgIpc) is 2.86. The average molecular weight is 483 g/mol. The van der Waals surface area contributed by atoms with E-state index in [9.17, 15) is 4.39 Å². The summed E-state index contributed by atoms with van der Waals surface area (Å²) in [6.45, 7) is 6.84. The Balaban J connectivity index is 1.75. The van der Waals surface area contributed by atoms with E-state index < -0.39 is 0 Å². The van der Waals surface area contributed by atoms with Crippen molar-refractivity contribution in [2.24, 2.45) is 5.92 Å². The van der Waals surface area contributed by atoms with Crippen molar-refractivity contribution in [1.82, 2.24) is 0 Å². The van der Waals surface area contributed by atoms with Gasteiger partial charge in [0.2, 0.25) is 0 Å². The molecule has 2 heterocycles. The van der Waals surface area contributed by atoms with Gasteiger partial charge in [-0.15, -0.1) is 0 Å². The lowest BCUT2D eigenvalue weighted by Crippen LogP contribution is -2.44. The Kier molecular flexibility index (Phi) is 4.65. The van der Waals surface area contributed by atoms with Gasteiger partial charge in [-0.2, -0.15) is 0 Å². The number of ether oxygens (including phenoxy) is 2. The van der Waals surface area contributed by atoms with Crippen molar-refractivity contribution >= 4 is 38.5 Å². The fraction of sp³-hybridized carbons (Fsp3) is 0.647. The van der Waals surface area contributed by atoms with E-state index in [1.54, 1.807) is 6.07 Å². The fourth-order valence-electron chi connectivity index (χ4n) is 3.75. The number of alkyl halides is 1. The molecule has 5 heteroatoms. The van der Waals surface area contributed by atoms with Crippen LogP contribution in [0.25, 0.3) is 0 Å².